The average Bonchev–Trinajstić information content (AvgIpc) is 2.72. The number of rotatable bonds is 6. The molecule has 3 heteroatoms. The SMILES string of the molecule is CC(C)C(C)N(C)Cc1ccc(CNC(C)(C)C)o1. The van der Waals surface area contributed by atoms with Crippen LogP contribution in [0, 0.1) is 5.92 Å². The summed E-state index contributed by atoms with van der Waals surface area (Å²) in [5.41, 5.74) is 0.121. The highest BCUT2D eigenvalue weighted by Gasteiger charge is 2.15. The minimum absolute atomic E-state index is 0.121. The van der Waals surface area contributed by atoms with Gasteiger partial charge in [0.05, 0.1) is 13.1 Å². The van der Waals surface area contributed by atoms with E-state index in [9.17, 15) is 0 Å². The smallest absolute Gasteiger partial charge is 0.118 e. The van der Waals surface area contributed by atoms with E-state index in [1.165, 1.54) is 0 Å². The molecule has 3 nitrogen and oxygen atoms in total. The van der Waals surface area contributed by atoms with Gasteiger partial charge < -0.3 is 9.73 Å². The number of nitrogens with one attached hydrogen (secondary N) is 1. The quantitative estimate of drug-likeness (QED) is 0.852. The summed E-state index contributed by atoms with van der Waals surface area (Å²) >= 11 is 0. The Morgan fingerprint density at radius 3 is 2.26 bits per heavy atom. The minimum atomic E-state index is 0.121. The molecule has 1 unspecified atom stereocenters. The van der Waals surface area contributed by atoms with E-state index in [2.05, 4.69) is 70.9 Å². The number of hydrogen-bond acceptors (Lipinski definition) is 3. The summed E-state index contributed by atoms with van der Waals surface area (Å²) < 4.78 is 5.88. The second kappa shape index (κ2) is 6.58. The fourth-order valence-corrected chi connectivity index (χ4v) is 1.85. The van der Waals surface area contributed by atoms with Gasteiger partial charge in [-0.3, -0.25) is 4.90 Å². The molecule has 0 aliphatic heterocycles. The maximum Gasteiger partial charge on any atom is 0.118 e. The van der Waals surface area contributed by atoms with Gasteiger partial charge in [-0.2, -0.15) is 0 Å². The highest BCUT2D eigenvalue weighted by atomic mass is 16.3. The molecule has 1 aromatic rings. The van der Waals surface area contributed by atoms with E-state index in [0.29, 0.717) is 12.0 Å². The van der Waals surface area contributed by atoms with Crippen LogP contribution in [-0.2, 0) is 13.1 Å². The van der Waals surface area contributed by atoms with E-state index in [1.807, 2.05) is 0 Å². The monoisotopic (exact) mass is 266 g/mol. The van der Waals surface area contributed by atoms with E-state index in [1.54, 1.807) is 0 Å². The van der Waals surface area contributed by atoms with Gasteiger partial charge in [-0.15, -0.1) is 0 Å². The summed E-state index contributed by atoms with van der Waals surface area (Å²) in [6.07, 6.45) is 0. The third-order valence-electron chi connectivity index (χ3n) is 3.58. The molecule has 0 bridgehead atoms. The van der Waals surface area contributed by atoms with Gasteiger partial charge in [-0.05, 0) is 52.8 Å². The first-order valence-electron chi connectivity index (χ1n) is 7.22. The summed E-state index contributed by atoms with van der Waals surface area (Å²) in [6, 6.07) is 4.71. The van der Waals surface area contributed by atoms with E-state index < -0.39 is 0 Å². The summed E-state index contributed by atoms with van der Waals surface area (Å²) in [5.74, 6) is 2.71. The van der Waals surface area contributed by atoms with E-state index >= 15 is 0 Å². The molecule has 0 amide bonds. The second-order valence-electron chi connectivity index (χ2n) is 6.87. The summed E-state index contributed by atoms with van der Waals surface area (Å²) in [4.78, 5) is 2.34. The van der Waals surface area contributed by atoms with Gasteiger partial charge in [0.2, 0.25) is 0 Å². The zero-order valence-electron chi connectivity index (χ0n) is 13.6. The Kier molecular flexibility index (Phi) is 5.63. The molecule has 1 atom stereocenters. The molecule has 1 rings (SSSR count). The van der Waals surface area contributed by atoms with Crippen molar-refractivity contribution in [2.45, 2.75) is 66.2 Å². The van der Waals surface area contributed by atoms with Crippen molar-refractivity contribution in [2.75, 3.05) is 7.05 Å². The van der Waals surface area contributed by atoms with Gasteiger partial charge in [0.15, 0.2) is 0 Å². The maximum absolute atomic E-state index is 5.88. The van der Waals surface area contributed by atoms with Crippen LogP contribution in [0.4, 0.5) is 0 Å². The lowest BCUT2D eigenvalue weighted by Gasteiger charge is -2.26. The summed E-state index contributed by atoms with van der Waals surface area (Å²) in [5, 5.41) is 3.44. The van der Waals surface area contributed by atoms with Crippen molar-refractivity contribution < 1.29 is 4.42 Å². The van der Waals surface area contributed by atoms with Gasteiger partial charge >= 0.3 is 0 Å². The first-order chi connectivity index (χ1) is 8.69. The lowest BCUT2D eigenvalue weighted by atomic mass is 10.1. The molecule has 0 aliphatic rings. The Morgan fingerprint density at radius 1 is 1.16 bits per heavy atom. The molecular formula is C16H30N2O. The zero-order valence-corrected chi connectivity index (χ0v) is 13.6. The Labute approximate surface area is 118 Å². The Morgan fingerprint density at radius 2 is 1.74 bits per heavy atom. The van der Waals surface area contributed by atoms with E-state index in [0.717, 1.165) is 24.6 Å². The second-order valence-corrected chi connectivity index (χ2v) is 6.87. The lowest BCUT2D eigenvalue weighted by Crippen LogP contribution is -2.34. The molecule has 0 aromatic carbocycles. The fourth-order valence-electron chi connectivity index (χ4n) is 1.85. The Hall–Kier alpha value is -0.800. The van der Waals surface area contributed by atoms with E-state index in [-0.39, 0.29) is 5.54 Å². The van der Waals surface area contributed by atoms with Crippen molar-refractivity contribution in [1.29, 1.82) is 0 Å². The van der Waals surface area contributed by atoms with Crippen LogP contribution in [0.2, 0.25) is 0 Å². The van der Waals surface area contributed by atoms with Crippen molar-refractivity contribution in [1.82, 2.24) is 10.2 Å². The molecule has 0 radical (unpaired) electrons. The van der Waals surface area contributed by atoms with Gasteiger partial charge in [-0.1, -0.05) is 13.8 Å². The molecule has 19 heavy (non-hydrogen) atoms. The van der Waals surface area contributed by atoms with Crippen LogP contribution in [0.25, 0.3) is 0 Å². The molecular weight excluding hydrogens is 236 g/mol. The highest BCUT2D eigenvalue weighted by Crippen LogP contribution is 2.15. The molecule has 0 saturated heterocycles. The number of nitrogens with zero attached hydrogens (tertiary/aromatic N) is 1. The maximum atomic E-state index is 5.88. The molecule has 1 aromatic heterocycles. The predicted molar refractivity (Wildman–Crippen MR) is 81.1 cm³/mol. The van der Waals surface area contributed by atoms with Crippen molar-refractivity contribution >= 4 is 0 Å². The molecule has 0 fully saturated rings. The Balaban J connectivity index is 2.51. The minimum Gasteiger partial charge on any atom is -0.463 e. The van der Waals surface area contributed by atoms with Crippen LogP contribution in [0.3, 0.4) is 0 Å². The first-order valence-corrected chi connectivity index (χ1v) is 7.22. The average molecular weight is 266 g/mol. The van der Waals surface area contributed by atoms with Crippen molar-refractivity contribution in [3.8, 4) is 0 Å². The molecule has 0 spiro atoms. The van der Waals surface area contributed by atoms with Gasteiger partial charge in [0.25, 0.3) is 0 Å². The van der Waals surface area contributed by atoms with E-state index in [4.69, 9.17) is 4.42 Å². The van der Waals surface area contributed by atoms with Crippen LogP contribution in [0.1, 0.15) is 53.1 Å². The highest BCUT2D eigenvalue weighted by molar-refractivity contribution is 5.07. The third-order valence-corrected chi connectivity index (χ3v) is 3.58. The van der Waals surface area contributed by atoms with Crippen LogP contribution in [0.5, 0.6) is 0 Å². The number of furan rings is 1. The molecule has 0 saturated carbocycles. The largest absolute Gasteiger partial charge is 0.463 e. The fraction of sp³-hybridized carbons (Fsp3) is 0.750. The lowest BCUT2D eigenvalue weighted by molar-refractivity contribution is 0.185. The van der Waals surface area contributed by atoms with Crippen molar-refractivity contribution in [3.63, 3.8) is 0 Å². The molecule has 1 heterocycles. The number of hydrogen-bond donors (Lipinski definition) is 1. The van der Waals surface area contributed by atoms with Gasteiger partial charge in [0, 0.05) is 11.6 Å². The first kappa shape index (κ1) is 16.3. The van der Waals surface area contributed by atoms with Crippen LogP contribution in [0.15, 0.2) is 16.5 Å². The van der Waals surface area contributed by atoms with Crippen LogP contribution < -0.4 is 5.32 Å². The predicted octanol–water partition coefficient (Wildman–Crippen LogP) is 3.64. The zero-order chi connectivity index (χ0) is 14.6. The molecule has 0 aliphatic carbocycles. The van der Waals surface area contributed by atoms with Crippen LogP contribution in [-0.4, -0.2) is 23.5 Å². The topological polar surface area (TPSA) is 28.4 Å². The molecule has 110 valence electrons. The van der Waals surface area contributed by atoms with Crippen molar-refractivity contribution in [3.05, 3.63) is 23.7 Å². The standard InChI is InChI=1S/C16H30N2O/c1-12(2)13(3)18(7)11-15-9-8-14(19-15)10-17-16(4,5)6/h8-9,12-13,17H,10-11H2,1-7H3. The van der Waals surface area contributed by atoms with Gasteiger partial charge in [-0.25, -0.2) is 0 Å². The van der Waals surface area contributed by atoms with Crippen LogP contribution >= 0.6 is 0 Å². The summed E-state index contributed by atoms with van der Waals surface area (Å²) in [7, 11) is 2.15. The van der Waals surface area contributed by atoms with Gasteiger partial charge in [0.1, 0.15) is 11.5 Å². The summed E-state index contributed by atoms with van der Waals surface area (Å²) in [6.45, 7) is 14.9. The normalized spacial score (nSPS) is 14.4. The van der Waals surface area contributed by atoms with Crippen molar-refractivity contribution in [2.24, 2.45) is 5.92 Å². The Bertz CT molecular complexity index is 376. The molecule has 1 N–H and O–H groups in total. The third kappa shape index (κ3) is 5.79.